The minimum atomic E-state index is -0.982. The molecule has 0 bridgehead atoms. The molecule has 3 aromatic rings. The number of tetrazole rings is 1. The summed E-state index contributed by atoms with van der Waals surface area (Å²) in [6.45, 7) is 0.628. The van der Waals surface area contributed by atoms with Crippen LogP contribution in [0, 0.1) is 0 Å². The average Bonchev–Trinajstić information content (AvgIpc) is 3.23. The second-order valence-electron chi connectivity index (χ2n) is 6.35. The smallest absolute Gasteiger partial charge is 0.325 e. The van der Waals surface area contributed by atoms with Crippen LogP contribution in [-0.2, 0) is 24.5 Å². The van der Waals surface area contributed by atoms with Crippen molar-refractivity contribution in [2.24, 2.45) is 0 Å². The number of rotatable bonds is 6. The fraction of sp³-hybridized carbons (Fsp3) is 0.412. The molecule has 4 rings (SSSR count). The fourth-order valence-corrected chi connectivity index (χ4v) is 3.23. The second-order valence-corrected chi connectivity index (χ2v) is 6.35. The van der Waals surface area contributed by atoms with Crippen molar-refractivity contribution in [2.45, 2.75) is 44.9 Å². The largest absolute Gasteiger partial charge is 0.486 e. The molecular formula is C17H19N7O3. The van der Waals surface area contributed by atoms with E-state index in [4.69, 9.17) is 4.74 Å². The molecule has 27 heavy (non-hydrogen) atoms. The first-order chi connectivity index (χ1) is 13.2. The molecule has 1 unspecified atom stereocenters. The van der Waals surface area contributed by atoms with Gasteiger partial charge >= 0.3 is 5.97 Å². The number of nitrogens with zero attached hydrogens (tertiary/aromatic N) is 7. The average molecular weight is 369 g/mol. The van der Waals surface area contributed by atoms with E-state index in [0.717, 1.165) is 25.8 Å². The molecule has 0 amide bonds. The highest BCUT2D eigenvalue weighted by Gasteiger charge is 2.29. The number of fused-ring (bicyclic) bond motifs is 1. The molecule has 1 aliphatic rings. The lowest BCUT2D eigenvalue weighted by Crippen LogP contribution is -2.18. The summed E-state index contributed by atoms with van der Waals surface area (Å²) in [4.78, 5) is 15.9. The maximum atomic E-state index is 11.3. The Hall–Kier alpha value is -3.30. The lowest BCUT2D eigenvalue weighted by molar-refractivity contribution is -0.137. The molecule has 10 heteroatoms. The summed E-state index contributed by atoms with van der Waals surface area (Å²) in [6.07, 6.45) is 2.72. The maximum absolute atomic E-state index is 11.3. The van der Waals surface area contributed by atoms with Crippen LogP contribution in [0.3, 0.4) is 0 Å². The van der Waals surface area contributed by atoms with Crippen LogP contribution >= 0.6 is 0 Å². The molecule has 1 N–H and O–H groups in total. The molecule has 140 valence electrons. The summed E-state index contributed by atoms with van der Waals surface area (Å²) in [5.41, 5.74) is 0. The molecule has 10 nitrogen and oxygen atoms in total. The van der Waals surface area contributed by atoms with Crippen molar-refractivity contribution in [1.29, 1.82) is 0 Å². The number of carbonyl (C=O) groups is 1. The van der Waals surface area contributed by atoms with E-state index >= 15 is 0 Å². The standard InChI is InChI=1S/C17H19N7O3/c25-15(26)10-24-16(13-8-4-5-9-23-17(13)19-21-22-23)18-14(20-24)11-27-12-6-2-1-3-7-12/h1-3,6-7,13H,4-5,8-11H2,(H,25,26). The highest BCUT2D eigenvalue weighted by Crippen LogP contribution is 2.29. The minimum absolute atomic E-state index is 0.154. The van der Waals surface area contributed by atoms with Gasteiger partial charge in [0.15, 0.2) is 11.6 Å². The number of hydrogen-bond donors (Lipinski definition) is 1. The molecule has 1 aliphatic heterocycles. The van der Waals surface area contributed by atoms with Crippen molar-refractivity contribution in [1.82, 2.24) is 35.0 Å². The third kappa shape index (κ3) is 3.78. The van der Waals surface area contributed by atoms with Gasteiger partial charge in [0.05, 0.1) is 5.92 Å². The Labute approximate surface area is 154 Å². The van der Waals surface area contributed by atoms with Crippen LogP contribution in [0.2, 0.25) is 0 Å². The molecule has 0 saturated heterocycles. The van der Waals surface area contributed by atoms with Crippen LogP contribution in [0.1, 0.15) is 42.7 Å². The van der Waals surface area contributed by atoms with E-state index in [1.54, 1.807) is 4.68 Å². The van der Waals surface area contributed by atoms with Gasteiger partial charge < -0.3 is 9.84 Å². The predicted molar refractivity (Wildman–Crippen MR) is 91.9 cm³/mol. The third-order valence-corrected chi connectivity index (χ3v) is 4.44. The van der Waals surface area contributed by atoms with Crippen LogP contribution in [0.5, 0.6) is 5.75 Å². The normalized spacial score (nSPS) is 16.5. The van der Waals surface area contributed by atoms with Crippen molar-refractivity contribution in [3.8, 4) is 5.75 Å². The number of aliphatic carboxylic acids is 1. The van der Waals surface area contributed by atoms with Gasteiger partial charge in [-0.05, 0) is 35.4 Å². The lowest BCUT2D eigenvalue weighted by Gasteiger charge is -2.12. The maximum Gasteiger partial charge on any atom is 0.325 e. The first-order valence-corrected chi connectivity index (χ1v) is 8.80. The Morgan fingerprint density at radius 1 is 1.22 bits per heavy atom. The fourth-order valence-electron chi connectivity index (χ4n) is 3.23. The summed E-state index contributed by atoms with van der Waals surface area (Å²) in [7, 11) is 0. The summed E-state index contributed by atoms with van der Waals surface area (Å²) in [5, 5.41) is 25.5. The molecule has 1 atom stereocenters. The molecule has 2 aromatic heterocycles. The number of aromatic nitrogens is 7. The number of carboxylic acid groups (broad SMARTS) is 1. The molecule has 0 fully saturated rings. The molecule has 0 spiro atoms. The van der Waals surface area contributed by atoms with Crippen molar-refractivity contribution < 1.29 is 14.6 Å². The molecule has 0 radical (unpaired) electrons. The summed E-state index contributed by atoms with van der Waals surface area (Å²) in [6, 6.07) is 9.34. The molecule has 0 saturated carbocycles. The van der Waals surface area contributed by atoms with Crippen molar-refractivity contribution in [3.05, 3.63) is 47.8 Å². The predicted octanol–water partition coefficient (Wildman–Crippen LogP) is 1.24. The van der Waals surface area contributed by atoms with Gasteiger partial charge in [-0.15, -0.1) is 5.10 Å². The van der Waals surface area contributed by atoms with Gasteiger partial charge in [0.2, 0.25) is 0 Å². The Bertz CT molecular complexity index is 922. The number of para-hydroxylation sites is 1. The number of carboxylic acids is 1. The van der Waals surface area contributed by atoms with Crippen LogP contribution in [0.25, 0.3) is 0 Å². The first kappa shape index (κ1) is 17.1. The Morgan fingerprint density at radius 3 is 2.89 bits per heavy atom. The van der Waals surface area contributed by atoms with Crippen LogP contribution in [0.15, 0.2) is 30.3 Å². The van der Waals surface area contributed by atoms with Crippen LogP contribution in [0.4, 0.5) is 0 Å². The third-order valence-electron chi connectivity index (χ3n) is 4.44. The number of ether oxygens (including phenoxy) is 1. The quantitative estimate of drug-likeness (QED) is 0.689. The lowest BCUT2D eigenvalue weighted by atomic mass is 10.0. The van der Waals surface area contributed by atoms with E-state index in [9.17, 15) is 9.90 Å². The van der Waals surface area contributed by atoms with E-state index in [-0.39, 0.29) is 19.1 Å². The summed E-state index contributed by atoms with van der Waals surface area (Å²) >= 11 is 0. The van der Waals surface area contributed by atoms with Crippen molar-refractivity contribution in [3.63, 3.8) is 0 Å². The topological polar surface area (TPSA) is 121 Å². The SMILES string of the molecule is O=C(O)Cn1nc(COc2ccccc2)nc1C1CCCCn2nnnc21. The minimum Gasteiger partial charge on any atom is -0.486 e. The van der Waals surface area contributed by atoms with Gasteiger partial charge in [0.25, 0.3) is 0 Å². The van der Waals surface area contributed by atoms with E-state index in [0.29, 0.717) is 23.2 Å². The number of hydrogen-bond acceptors (Lipinski definition) is 7. The Morgan fingerprint density at radius 2 is 2.07 bits per heavy atom. The summed E-state index contributed by atoms with van der Waals surface area (Å²) < 4.78 is 8.88. The number of benzene rings is 1. The zero-order valence-corrected chi connectivity index (χ0v) is 14.6. The molecule has 3 heterocycles. The van der Waals surface area contributed by atoms with Crippen LogP contribution < -0.4 is 4.74 Å². The number of aryl methyl sites for hydroxylation is 1. The van der Waals surface area contributed by atoms with Crippen molar-refractivity contribution in [2.75, 3.05) is 0 Å². The summed E-state index contributed by atoms with van der Waals surface area (Å²) in [5.74, 6) is 1.21. The van der Waals surface area contributed by atoms with Gasteiger partial charge in [-0.2, -0.15) is 5.10 Å². The van der Waals surface area contributed by atoms with Gasteiger partial charge in [0, 0.05) is 6.54 Å². The molecular weight excluding hydrogens is 350 g/mol. The molecule has 1 aromatic carbocycles. The van der Waals surface area contributed by atoms with Gasteiger partial charge in [-0.25, -0.2) is 14.3 Å². The zero-order chi connectivity index (χ0) is 18.6. The zero-order valence-electron chi connectivity index (χ0n) is 14.6. The highest BCUT2D eigenvalue weighted by molar-refractivity contribution is 5.66. The van der Waals surface area contributed by atoms with Gasteiger partial charge in [-0.3, -0.25) is 4.79 Å². The van der Waals surface area contributed by atoms with Crippen molar-refractivity contribution >= 4 is 5.97 Å². The van der Waals surface area contributed by atoms with E-state index in [2.05, 4.69) is 25.6 Å². The second kappa shape index (κ2) is 7.52. The van der Waals surface area contributed by atoms with Gasteiger partial charge in [-0.1, -0.05) is 24.6 Å². The Balaban J connectivity index is 1.63. The first-order valence-electron chi connectivity index (χ1n) is 8.80. The van der Waals surface area contributed by atoms with E-state index in [1.807, 2.05) is 30.3 Å². The van der Waals surface area contributed by atoms with Gasteiger partial charge in [0.1, 0.15) is 24.7 Å². The van der Waals surface area contributed by atoms with E-state index < -0.39 is 5.97 Å². The molecule has 0 aliphatic carbocycles. The monoisotopic (exact) mass is 369 g/mol. The highest BCUT2D eigenvalue weighted by atomic mass is 16.5. The van der Waals surface area contributed by atoms with E-state index in [1.165, 1.54) is 4.68 Å². The van der Waals surface area contributed by atoms with Crippen LogP contribution in [-0.4, -0.2) is 46.0 Å². The Kier molecular flexibility index (Phi) is 4.77.